The zero-order valence-corrected chi connectivity index (χ0v) is 23.3. The lowest BCUT2D eigenvalue weighted by molar-refractivity contribution is -0.121. The maximum absolute atomic E-state index is 15.5. The SMILES string of the molecule is C[C@@H]1c2ccccc2CCN1C(=O)c1cc(C2CC2)n2nc(-c3ccc(N4CCC(C(N)=O)[C@@H]4C)cc3F)cc2n1. The number of carbonyl (C=O) groups is 2. The number of nitrogens with zero attached hydrogens (tertiary/aromatic N) is 5. The molecule has 2 aliphatic heterocycles. The molecule has 1 unspecified atom stereocenters. The average molecular weight is 553 g/mol. The normalized spacial score (nSPS) is 22.3. The van der Waals surface area contributed by atoms with Crippen LogP contribution in [0.5, 0.6) is 0 Å². The number of hydrogen-bond donors (Lipinski definition) is 1. The third-order valence-corrected chi connectivity index (χ3v) is 9.21. The number of halogens is 1. The minimum absolute atomic E-state index is 0.0421. The van der Waals surface area contributed by atoms with Crippen LogP contribution in [0.1, 0.15) is 72.4 Å². The van der Waals surface area contributed by atoms with Crippen LogP contribution >= 0.6 is 0 Å². The highest BCUT2D eigenvalue weighted by atomic mass is 19.1. The van der Waals surface area contributed by atoms with Crippen molar-refractivity contribution >= 4 is 23.1 Å². The van der Waals surface area contributed by atoms with Crippen LogP contribution < -0.4 is 10.6 Å². The molecule has 9 heteroatoms. The van der Waals surface area contributed by atoms with Gasteiger partial charge in [0.15, 0.2) is 5.65 Å². The van der Waals surface area contributed by atoms with Crippen LogP contribution in [0.15, 0.2) is 54.6 Å². The van der Waals surface area contributed by atoms with E-state index in [-0.39, 0.29) is 29.8 Å². The summed E-state index contributed by atoms with van der Waals surface area (Å²) in [7, 11) is 0. The second-order valence-electron chi connectivity index (χ2n) is 11.7. The smallest absolute Gasteiger partial charge is 0.273 e. The molecule has 2 fully saturated rings. The molecule has 8 nitrogen and oxygen atoms in total. The van der Waals surface area contributed by atoms with Crippen molar-refractivity contribution in [3.05, 3.63) is 82.9 Å². The quantitative estimate of drug-likeness (QED) is 0.381. The molecule has 0 spiro atoms. The maximum atomic E-state index is 15.5. The van der Waals surface area contributed by atoms with Crippen molar-refractivity contribution in [2.24, 2.45) is 11.7 Å². The van der Waals surface area contributed by atoms with Crippen molar-refractivity contribution in [3.8, 4) is 11.3 Å². The van der Waals surface area contributed by atoms with Gasteiger partial charge >= 0.3 is 0 Å². The van der Waals surface area contributed by atoms with Crippen molar-refractivity contribution in [3.63, 3.8) is 0 Å². The van der Waals surface area contributed by atoms with Crippen LogP contribution in [-0.2, 0) is 11.2 Å². The third kappa shape index (κ3) is 4.34. The van der Waals surface area contributed by atoms with Gasteiger partial charge in [0.05, 0.1) is 17.7 Å². The molecule has 41 heavy (non-hydrogen) atoms. The molecule has 2 aromatic heterocycles. The minimum Gasteiger partial charge on any atom is -0.369 e. The second kappa shape index (κ2) is 9.68. The number of hydrogen-bond acceptors (Lipinski definition) is 5. The molecule has 210 valence electrons. The number of amides is 2. The zero-order valence-electron chi connectivity index (χ0n) is 23.3. The van der Waals surface area contributed by atoms with Gasteiger partial charge < -0.3 is 15.5 Å². The number of fused-ring (bicyclic) bond motifs is 2. The highest BCUT2D eigenvalue weighted by Gasteiger charge is 2.35. The lowest BCUT2D eigenvalue weighted by Crippen LogP contribution is -2.39. The molecule has 4 heterocycles. The van der Waals surface area contributed by atoms with Crippen molar-refractivity contribution in [2.45, 2.75) is 57.5 Å². The zero-order chi connectivity index (χ0) is 28.4. The standard InChI is InChI=1S/C32H33FN6O2/c1-18-23-6-4-3-5-20(23)11-13-38(18)32(41)28-16-29(21-7-8-21)39-30(35-28)17-27(36-39)25-10-9-22(15-26(25)33)37-14-12-24(19(37)2)31(34)40/h3-6,9-10,15-19,21,24H,7-8,11-14H2,1-2H3,(H2,34,40)/t18-,19+,24?/m1/s1. The number of aromatic nitrogens is 3. The van der Waals surface area contributed by atoms with Crippen LogP contribution in [0, 0.1) is 11.7 Å². The Morgan fingerprint density at radius 2 is 1.80 bits per heavy atom. The summed E-state index contributed by atoms with van der Waals surface area (Å²) in [5, 5.41) is 4.75. The van der Waals surface area contributed by atoms with E-state index in [1.54, 1.807) is 16.6 Å². The van der Waals surface area contributed by atoms with Gasteiger partial charge in [-0.15, -0.1) is 0 Å². The fourth-order valence-corrected chi connectivity index (χ4v) is 6.68. The number of carbonyl (C=O) groups excluding carboxylic acids is 2. The van der Waals surface area contributed by atoms with Crippen LogP contribution in [0.25, 0.3) is 16.9 Å². The number of nitrogens with two attached hydrogens (primary N) is 1. The number of rotatable bonds is 5. The predicted molar refractivity (Wildman–Crippen MR) is 154 cm³/mol. The van der Waals surface area contributed by atoms with Crippen LogP contribution in [0.3, 0.4) is 0 Å². The molecule has 1 saturated heterocycles. The lowest BCUT2D eigenvalue weighted by atomic mass is 9.93. The van der Waals surface area contributed by atoms with Gasteiger partial charge in [-0.1, -0.05) is 24.3 Å². The Bertz CT molecular complexity index is 1700. The van der Waals surface area contributed by atoms with Gasteiger partial charge in [0.2, 0.25) is 5.91 Å². The molecule has 0 radical (unpaired) electrons. The topological polar surface area (TPSA) is 96.8 Å². The molecule has 0 bridgehead atoms. The molecule has 2 amide bonds. The first kappa shape index (κ1) is 25.7. The Kier molecular flexibility index (Phi) is 6.06. The molecular formula is C32H33FN6O2. The highest BCUT2D eigenvalue weighted by Crippen LogP contribution is 2.41. The predicted octanol–water partition coefficient (Wildman–Crippen LogP) is 4.87. The van der Waals surface area contributed by atoms with Crippen molar-refractivity contribution < 1.29 is 14.0 Å². The molecule has 2 N–H and O–H groups in total. The van der Waals surface area contributed by atoms with E-state index in [0.717, 1.165) is 25.0 Å². The first-order chi connectivity index (χ1) is 19.8. The Labute approximate surface area is 238 Å². The van der Waals surface area contributed by atoms with E-state index in [9.17, 15) is 9.59 Å². The number of benzene rings is 2. The number of primary amides is 1. The summed E-state index contributed by atoms with van der Waals surface area (Å²) in [4.78, 5) is 34.2. The molecular weight excluding hydrogens is 519 g/mol. The van der Waals surface area contributed by atoms with Crippen LogP contribution in [0.4, 0.5) is 10.1 Å². The molecule has 4 aromatic rings. The first-order valence-electron chi connectivity index (χ1n) is 14.5. The third-order valence-electron chi connectivity index (χ3n) is 9.21. The summed E-state index contributed by atoms with van der Waals surface area (Å²) < 4.78 is 17.3. The van der Waals surface area contributed by atoms with Gasteiger partial charge in [0.25, 0.3) is 5.91 Å². The van der Waals surface area contributed by atoms with Crippen molar-refractivity contribution in [1.29, 1.82) is 0 Å². The summed E-state index contributed by atoms with van der Waals surface area (Å²) in [6.07, 6.45) is 3.53. The van der Waals surface area contributed by atoms with Gasteiger partial charge in [-0.05, 0) is 74.9 Å². The van der Waals surface area contributed by atoms with Crippen LogP contribution in [0.2, 0.25) is 0 Å². The summed E-state index contributed by atoms with van der Waals surface area (Å²) >= 11 is 0. The lowest BCUT2D eigenvalue weighted by Gasteiger charge is -2.35. The molecule has 1 aliphatic carbocycles. The summed E-state index contributed by atoms with van der Waals surface area (Å²) in [6, 6.07) is 16.9. The molecule has 1 saturated carbocycles. The molecule has 3 aliphatic rings. The van der Waals surface area contributed by atoms with E-state index in [0.29, 0.717) is 53.7 Å². The summed E-state index contributed by atoms with van der Waals surface area (Å²) in [5.74, 6) is -0.753. The average Bonchev–Trinajstić information content (AvgIpc) is 3.60. The minimum atomic E-state index is -0.397. The van der Waals surface area contributed by atoms with Gasteiger partial charge in [0.1, 0.15) is 11.5 Å². The molecule has 7 rings (SSSR count). The van der Waals surface area contributed by atoms with Crippen molar-refractivity contribution in [2.75, 3.05) is 18.0 Å². The molecule has 3 atom stereocenters. The highest BCUT2D eigenvalue weighted by molar-refractivity contribution is 5.93. The largest absolute Gasteiger partial charge is 0.369 e. The van der Waals surface area contributed by atoms with Gasteiger partial charge in [-0.2, -0.15) is 5.10 Å². The van der Waals surface area contributed by atoms with E-state index >= 15 is 4.39 Å². The van der Waals surface area contributed by atoms with Gasteiger partial charge in [0, 0.05) is 48.1 Å². The van der Waals surface area contributed by atoms with E-state index in [1.165, 1.54) is 17.2 Å². The van der Waals surface area contributed by atoms with Crippen molar-refractivity contribution in [1.82, 2.24) is 19.5 Å². The monoisotopic (exact) mass is 552 g/mol. The maximum Gasteiger partial charge on any atom is 0.273 e. The van der Waals surface area contributed by atoms with E-state index < -0.39 is 5.82 Å². The summed E-state index contributed by atoms with van der Waals surface area (Å²) in [6.45, 7) is 5.30. The Morgan fingerprint density at radius 3 is 2.54 bits per heavy atom. The van der Waals surface area contributed by atoms with Crippen LogP contribution in [-0.4, -0.2) is 50.4 Å². The van der Waals surface area contributed by atoms with Gasteiger partial charge in [-0.25, -0.2) is 13.9 Å². The Hall–Kier alpha value is -4.27. The van der Waals surface area contributed by atoms with E-state index in [2.05, 4.69) is 19.1 Å². The fraction of sp³-hybridized carbons (Fsp3) is 0.375. The van der Waals surface area contributed by atoms with E-state index in [1.807, 2.05) is 41.0 Å². The van der Waals surface area contributed by atoms with Gasteiger partial charge in [-0.3, -0.25) is 9.59 Å². The summed E-state index contributed by atoms with van der Waals surface area (Å²) in [5.41, 5.74) is 11.4. The Morgan fingerprint density at radius 1 is 1.00 bits per heavy atom. The molecule has 2 aromatic carbocycles. The second-order valence-corrected chi connectivity index (χ2v) is 11.7. The van der Waals surface area contributed by atoms with E-state index in [4.69, 9.17) is 15.8 Å². The number of anilines is 1. The fourth-order valence-electron chi connectivity index (χ4n) is 6.68. The first-order valence-corrected chi connectivity index (χ1v) is 14.5. The Balaban J connectivity index is 1.21.